The molecule has 1 aromatic heterocycles. The number of nitrogens with two attached hydrogens (primary N) is 1. The molecule has 0 saturated carbocycles. The summed E-state index contributed by atoms with van der Waals surface area (Å²) in [7, 11) is 0. The number of nitrogens with one attached hydrogen (secondary N) is 2. The quantitative estimate of drug-likeness (QED) is 0.338. The van der Waals surface area contributed by atoms with Gasteiger partial charge in [0.15, 0.2) is 5.96 Å². The van der Waals surface area contributed by atoms with E-state index in [-0.39, 0.29) is 42.4 Å². The number of carbonyl (C=O) groups excluding carboxylic acids is 1. The number of hydrogen-bond donors (Lipinski definition) is 3. The van der Waals surface area contributed by atoms with Crippen LogP contribution in [0.1, 0.15) is 37.5 Å². The maximum absolute atomic E-state index is 11.7. The molecule has 1 atom stereocenters. The monoisotopic (exact) mass is 456 g/mol. The Kier molecular flexibility index (Phi) is 9.04. The highest BCUT2D eigenvalue weighted by Gasteiger charge is 2.04. The Balaban J connectivity index is 0.00000312. The molecule has 4 N–H and O–H groups in total. The van der Waals surface area contributed by atoms with Gasteiger partial charge in [-0.15, -0.1) is 24.0 Å². The van der Waals surface area contributed by atoms with Crippen LogP contribution in [0.25, 0.3) is 0 Å². The van der Waals surface area contributed by atoms with Crippen molar-refractivity contribution in [3.8, 4) is 0 Å². The van der Waals surface area contributed by atoms with E-state index in [1.807, 2.05) is 12.1 Å². The third-order valence-electron chi connectivity index (χ3n) is 3.80. The summed E-state index contributed by atoms with van der Waals surface area (Å²) in [5, 5.41) is 5.69. The van der Waals surface area contributed by atoms with E-state index in [0.29, 0.717) is 18.2 Å². The van der Waals surface area contributed by atoms with E-state index in [1.165, 1.54) is 5.56 Å². The van der Waals surface area contributed by atoms with Crippen molar-refractivity contribution >= 4 is 41.5 Å². The van der Waals surface area contributed by atoms with Crippen LogP contribution in [0.3, 0.4) is 0 Å². The predicted molar refractivity (Wildman–Crippen MR) is 111 cm³/mol. The number of rotatable bonds is 7. The number of furan rings is 1. The van der Waals surface area contributed by atoms with Crippen molar-refractivity contribution in [3.63, 3.8) is 0 Å². The molecule has 0 aliphatic heterocycles. The summed E-state index contributed by atoms with van der Waals surface area (Å²) in [5.74, 6) is 1.21. The number of benzene rings is 1. The lowest BCUT2D eigenvalue weighted by Crippen LogP contribution is -2.28. The first-order valence-corrected chi connectivity index (χ1v) is 8.04. The van der Waals surface area contributed by atoms with Crippen molar-refractivity contribution < 1.29 is 9.21 Å². The molecule has 1 aromatic carbocycles. The lowest BCUT2D eigenvalue weighted by atomic mass is 9.99. The third kappa shape index (κ3) is 7.16. The first-order chi connectivity index (χ1) is 11.6. The van der Waals surface area contributed by atoms with Crippen LogP contribution in [-0.4, -0.2) is 18.4 Å². The molecular weight excluding hydrogens is 431 g/mol. The minimum atomic E-state index is -0.219. The molecule has 2 rings (SSSR count). The zero-order chi connectivity index (χ0) is 17.4. The molecule has 25 heavy (non-hydrogen) atoms. The van der Waals surface area contributed by atoms with Gasteiger partial charge in [-0.1, -0.05) is 26.0 Å². The summed E-state index contributed by atoms with van der Waals surface area (Å²) in [4.78, 5) is 15.7. The summed E-state index contributed by atoms with van der Waals surface area (Å²) in [6.45, 7) is 4.66. The SMILES string of the molecule is CCC(C)c1ccc(NC(N)=NCC(=O)NCc2ccco2)cc1.I. The van der Waals surface area contributed by atoms with E-state index in [1.54, 1.807) is 18.4 Å². The first-order valence-electron chi connectivity index (χ1n) is 8.04. The number of carbonyl (C=O) groups is 1. The Hall–Kier alpha value is -2.03. The number of anilines is 1. The van der Waals surface area contributed by atoms with E-state index in [9.17, 15) is 4.79 Å². The summed E-state index contributed by atoms with van der Waals surface area (Å²) in [6, 6.07) is 11.6. The van der Waals surface area contributed by atoms with Crippen molar-refractivity contribution in [1.29, 1.82) is 0 Å². The largest absolute Gasteiger partial charge is 0.467 e. The predicted octanol–water partition coefficient (Wildman–Crippen LogP) is 3.45. The molecule has 0 spiro atoms. The molecule has 6 nitrogen and oxygen atoms in total. The van der Waals surface area contributed by atoms with Gasteiger partial charge in [0.1, 0.15) is 12.3 Å². The molecule has 0 aliphatic rings. The fourth-order valence-electron chi connectivity index (χ4n) is 2.13. The molecule has 1 heterocycles. The number of guanidine groups is 1. The van der Waals surface area contributed by atoms with Crippen molar-refractivity contribution in [3.05, 3.63) is 54.0 Å². The Morgan fingerprint density at radius 3 is 2.60 bits per heavy atom. The summed E-state index contributed by atoms with van der Waals surface area (Å²) < 4.78 is 5.14. The molecule has 1 unspecified atom stereocenters. The van der Waals surface area contributed by atoms with Gasteiger partial charge in [0.2, 0.25) is 5.91 Å². The van der Waals surface area contributed by atoms with E-state index in [2.05, 4.69) is 41.6 Å². The average molecular weight is 456 g/mol. The zero-order valence-electron chi connectivity index (χ0n) is 14.5. The van der Waals surface area contributed by atoms with Gasteiger partial charge in [-0.2, -0.15) is 0 Å². The summed E-state index contributed by atoms with van der Waals surface area (Å²) >= 11 is 0. The van der Waals surface area contributed by atoms with Crippen LogP contribution in [0, 0.1) is 0 Å². The molecule has 136 valence electrons. The maximum Gasteiger partial charge on any atom is 0.242 e. The van der Waals surface area contributed by atoms with Gasteiger partial charge in [-0.05, 0) is 42.2 Å². The zero-order valence-corrected chi connectivity index (χ0v) is 16.8. The Bertz CT molecular complexity index is 669. The molecule has 0 bridgehead atoms. The van der Waals surface area contributed by atoms with Crippen molar-refractivity contribution in [1.82, 2.24) is 5.32 Å². The fraction of sp³-hybridized carbons (Fsp3) is 0.333. The number of amides is 1. The van der Waals surface area contributed by atoms with Gasteiger partial charge in [-0.25, -0.2) is 4.99 Å². The van der Waals surface area contributed by atoms with Gasteiger partial charge >= 0.3 is 0 Å². The molecule has 1 amide bonds. The van der Waals surface area contributed by atoms with E-state index < -0.39 is 0 Å². The molecule has 7 heteroatoms. The number of halogens is 1. The van der Waals surface area contributed by atoms with Crippen LogP contribution in [0.4, 0.5) is 5.69 Å². The third-order valence-corrected chi connectivity index (χ3v) is 3.80. The van der Waals surface area contributed by atoms with Crippen molar-refractivity contribution in [2.75, 3.05) is 11.9 Å². The second-order valence-corrected chi connectivity index (χ2v) is 5.61. The highest BCUT2D eigenvalue weighted by Crippen LogP contribution is 2.20. The van der Waals surface area contributed by atoms with Crippen LogP contribution in [0.5, 0.6) is 0 Å². The molecule has 0 saturated heterocycles. The molecule has 0 fully saturated rings. The van der Waals surface area contributed by atoms with Crippen LogP contribution in [-0.2, 0) is 11.3 Å². The topological polar surface area (TPSA) is 92.6 Å². The van der Waals surface area contributed by atoms with E-state index in [0.717, 1.165) is 12.1 Å². The van der Waals surface area contributed by atoms with Crippen LogP contribution >= 0.6 is 24.0 Å². The molecule has 2 aromatic rings. The van der Waals surface area contributed by atoms with Crippen molar-refractivity contribution in [2.24, 2.45) is 10.7 Å². The van der Waals surface area contributed by atoms with Gasteiger partial charge in [0.25, 0.3) is 0 Å². The van der Waals surface area contributed by atoms with Crippen LogP contribution < -0.4 is 16.4 Å². The summed E-state index contributed by atoms with van der Waals surface area (Å²) in [5.41, 5.74) is 7.94. The Labute approximate surface area is 165 Å². The lowest BCUT2D eigenvalue weighted by molar-refractivity contribution is -0.119. The molecular formula is C18H25IN4O2. The van der Waals surface area contributed by atoms with Crippen molar-refractivity contribution in [2.45, 2.75) is 32.7 Å². The number of hydrogen-bond acceptors (Lipinski definition) is 3. The Morgan fingerprint density at radius 2 is 2.00 bits per heavy atom. The van der Waals surface area contributed by atoms with Gasteiger partial charge in [0.05, 0.1) is 12.8 Å². The van der Waals surface area contributed by atoms with E-state index in [4.69, 9.17) is 10.2 Å². The highest BCUT2D eigenvalue weighted by atomic mass is 127. The lowest BCUT2D eigenvalue weighted by Gasteiger charge is -2.10. The number of nitrogens with zero attached hydrogens (tertiary/aromatic N) is 1. The second kappa shape index (κ2) is 10.8. The first kappa shape index (κ1) is 21.0. The molecule has 0 radical (unpaired) electrons. The number of aliphatic imine (C=N–C) groups is 1. The van der Waals surface area contributed by atoms with Gasteiger partial charge < -0.3 is 20.8 Å². The van der Waals surface area contributed by atoms with E-state index >= 15 is 0 Å². The summed E-state index contributed by atoms with van der Waals surface area (Å²) in [6.07, 6.45) is 2.66. The smallest absolute Gasteiger partial charge is 0.242 e. The minimum absolute atomic E-state index is 0. The highest BCUT2D eigenvalue weighted by molar-refractivity contribution is 14.0. The molecule has 0 aliphatic carbocycles. The van der Waals surface area contributed by atoms with Gasteiger partial charge in [-0.3, -0.25) is 4.79 Å². The minimum Gasteiger partial charge on any atom is -0.467 e. The standard InChI is InChI=1S/C18H24N4O2.HI/c1-3-13(2)14-6-8-15(9-7-14)22-18(19)21-12-17(23)20-11-16-5-4-10-24-16;/h4-10,13H,3,11-12H2,1-2H3,(H,20,23)(H3,19,21,22);1H. The average Bonchev–Trinajstić information content (AvgIpc) is 3.11. The normalized spacial score (nSPS) is 12.2. The van der Waals surface area contributed by atoms with Gasteiger partial charge in [0, 0.05) is 5.69 Å². The fourth-order valence-corrected chi connectivity index (χ4v) is 2.13. The maximum atomic E-state index is 11.7. The Morgan fingerprint density at radius 1 is 1.28 bits per heavy atom. The van der Waals surface area contributed by atoms with Crippen LogP contribution in [0.15, 0.2) is 52.1 Å². The second-order valence-electron chi connectivity index (χ2n) is 5.61. The van der Waals surface area contributed by atoms with Crippen LogP contribution in [0.2, 0.25) is 0 Å².